The molecule has 9 nitrogen and oxygen atoms in total. The molecule has 4 aromatic rings. The molecule has 0 unspecified atom stereocenters. The standard InChI is InChI=1S/C32H27F5N4O5/c33-19-6-7-22-18(11-19)13-25(39-22)32(45)41-24(10-16-4-2-1-3-5-16)31(44)40-23(12-17-8-9-38-30(17)43)26(42)15-46-29-27(36)20(34)14-21(35)28(29)37/h1-7,11,13-14,17,23-24,39H,8-10,12,15H2,(H,38,43)(H,40,44)(H,41,45)/t17-,23-,24-/m0/s1. The summed E-state index contributed by atoms with van der Waals surface area (Å²) >= 11 is 0. The Morgan fingerprint density at radius 1 is 0.891 bits per heavy atom. The smallest absolute Gasteiger partial charge is 0.268 e. The number of H-pyrrole nitrogens is 1. The maximum absolute atomic E-state index is 14.1. The zero-order chi connectivity index (χ0) is 33.0. The number of halogens is 5. The number of hydrogen-bond donors (Lipinski definition) is 4. The second-order valence-corrected chi connectivity index (χ2v) is 10.8. The van der Waals surface area contributed by atoms with Crippen LogP contribution in [0.25, 0.3) is 10.9 Å². The molecule has 0 spiro atoms. The van der Waals surface area contributed by atoms with Gasteiger partial charge in [0.2, 0.25) is 23.4 Å². The highest BCUT2D eigenvalue weighted by molar-refractivity contribution is 6.01. The third-order valence-corrected chi connectivity index (χ3v) is 7.55. The van der Waals surface area contributed by atoms with Gasteiger partial charge in [-0.25, -0.2) is 13.2 Å². The number of aromatic amines is 1. The zero-order valence-electron chi connectivity index (χ0n) is 24.0. The van der Waals surface area contributed by atoms with E-state index in [0.717, 1.165) is 0 Å². The van der Waals surface area contributed by atoms with E-state index < -0.39 is 77.0 Å². The fraction of sp³-hybridized carbons (Fsp3) is 0.250. The number of benzene rings is 3. The predicted octanol–water partition coefficient (Wildman–Crippen LogP) is 3.86. The maximum atomic E-state index is 14.1. The number of ketones is 1. The Labute approximate surface area is 258 Å². The second kappa shape index (κ2) is 13.8. The van der Waals surface area contributed by atoms with Crippen molar-refractivity contribution in [1.29, 1.82) is 0 Å². The van der Waals surface area contributed by atoms with Crippen LogP contribution in [0.15, 0.2) is 60.7 Å². The summed E-state index contributed by atoms with van der Waals surface area (Å²) in [5.74, 6) is -12.8. The molecule has 4 N–H and O–H groups in total. The molecule has 1 aliphatic rings. The number of Topliss-reactive ketones (excluding diaryl/α,β-unsaturated/α-hetero) is 1. The molecular weight excluding hydrogens is 615 g/mol. The first-order valence-electron chi connectivity index (χ1n) is 14.2. The lowest BCUT2D eigenvalue weighted by Gasteiger charge is -2.24. The SMILES string of the molecule is O=C(N[C@@H](Cc1ccccc1)C(=O)N[C@@H](C[C@@H]1CCNC1=O)C(=O)COc1c(F)c(F)cc(F)c1F)c1cc2cc(F)ccc2[nH]1. The molecule has 14 heteroatoms. The van der Waals surface area contributed by atoms with E-state index in [1.54, 1.807) is 30.3 Å². The van der Waals surface area contributed by atoms with Gasteiger partial charge in [-0.05, 0) is 42.7 Å². The Morgan fingerprint density at radius 3 is 2.28 bits per heavy atom. The average Bonchev–Trinajstić information content (AvgIpc) is 3.65. The Hall–Kier alpha value is -5.27. The monoisotopic (exact) mass is 642 g/mol. The molecule has 2 heterocycles. The van der Waals surface area contributed by atoms with E-state index in [1.807, 2.05) is 0 Å². The fourth-order valence-electron chi connectivity index (χ4n) is 5.14. The van der Waals surface area contributed by atoms with E-state index in [0.29, 0.717) is 29.4 Å². The Balaban J connectivity index is 1.37. The van der Waals surface area contributed by atoms with Gasteiger partial charge in [0.1, 0.15) is 24.2 Å². The van der Waals surface area contributed by atoms with Crippen LogP contribution < -0.4 is 20.7 Å². The number of hydrogen-bond acceptors (Lipinski definition) is 5. The highest BCUT2D eigenvalue weighted by atomic mass is 19.2. The molecule has 3 aromatic carbocycles. The normalized spacial score (nSPS) is 15.7. The maximum Gasteiger partial charge on any atom is 0.268 e. The van der Waals surface area contributed by atoms with Gasteiger partial charge in [0, 0.05) is 35.9 Å². The summed E-state index contributed by atoms with van der Waals surface area (Å²) in [7, 11) is 0. The quantitative estimate of drug-likeness (QED) is 0.138. The molecule has 1 fully saturated rings. The summed E-state index contributed by atoms with van der Waals surface area (Å²) in [6.45, 7) is -0.799. The zero-order valence-corrected chi connectivity index (χ0v) is 24.0. The number of amides is 3. The van der Waals surface area contributed by atoms with Crippen LogP contribution in [0.1, 0.15) is 28.9 Å². The molecule has 0 radical (unpaired) electrons. The lowest BCUT2D eigenvalue weighted by atomic mass is 9.95. The average molecular weight is 643 g/mol. The number of fused-ring (bicyclic) bond motifs is 1. The molecule has 1 aliphatic heterocycles. The van der Waals surface area contributed by atoms with Gasteiger partial charge in [0.25, 0.3) is 5.91 Å². The van der Waals surface area contributed by atoms with Crippen LogP contribution in [-0.2, 0) is 20.8 Å². The van der Waals surface area contributed by atoms with Crippen LogP contribution in [0.4, 0.5) is 22.0 Å². The van der Waals surface area contributed by atoms with Crippen LogP contribution in [0.2, 0.25) is 0 Å². The van der Waals surface area contributed by atoms with E-state index in [9.17, 15) is 41.1 Å². The van der Waals surface area contributed by atoms with Gasteiger partial charge in [-0.3, -0.25) is 19.2 Å². The van der Waals surface area contributed by atoms with Crippen molar-refractivity contribution in [2.24, 2.45) is 5.92 Å². The molecule has 3 amide bonds. The van der Waals surface area contributed by atoms with Gasteiger partial charge in [-0.15, -0.1) is 0 Å². The summed E-state index contributed by atoms with van der Waals surface area (Å²) in [6, 6.07) is 11.1. The van der Waals surface area contributed by atoms with Gasteiger partial charge in [-0.1, -0.05) is 30.3 Å². The second-order valence-electron chi connectivity index (χ2n) is 10.8. The van der Waals surface area contributed by atoms with Crippen molar-refractivity contribution in [3.8, 4) is 5.75 Å². The number of aromatic nitrogens is 1. The van der Waals surface area contributed by atoms with E-state index in [4.69, 9.17) is 4.74 Å². The Bertz CT molecular complexity index is 1770. The third-order valence-electron chi connectivity index (χ3n) is 7.55. The van der Waals surface area contributed by atoms with Crippen molar-refractivity contribution in [3.05, 3.63) is 101 Å². The first-order chi connectivity index (χ1) is 22.0. The Kier molecular flexibility index (Phi) is 9.64. The molecule has 240 valence electrons. The van der Waals surface area contributed by atoms with Crippen molar-refractivity contribution < 1.29 is 45.9 Å². The van der Waals surface area contributed by atoms with Gasteiger partial charge >= 0.3 is 0 Å². The predicted molar refractivity (Wildman–Crippen MR) is 154 cm³/mol. The van der Waals surface area contributed by atoms with Crippen molar-refractivity contribution in [1.82, 2.24) is 20.9 Å². The van der Waals surface area contributed by atoms with Crippen LogP contribution in [0.3, 0.4) is 0 Å². The molecule has 0 saturated carbocycles. The minimum atomic E-state index is -1.85. The molecule has 3 atom stereocenters. The topological polar surface area (TPSA) is 129 Å². The van der Waals surface area contributed by atoms with Crippen LogP contribution in [0, 0.1) is 35.0 Å². The first kappa shape index (κ1) is 32.1. The molecule has 0 bridgehead atoms. The lowest BCUT2D eigenvalue weighted by molar-refractivity contribution is -0.131. The van der Waals surface area contributed by atoms with Crippen LogP contribution >= 0.6 is 0 Å². The molecule has 46 heavy (non-hydrogen) atoms. The van der Waals surface area contributed by atoms with Crippen LogP contribution in [-0.4, -0.2) is 53.7 Å². The summed E-state index contributed by atoms with van der Waals surface area (Å²) in [4.78, 5) is 55.3. The van der Waals surface area contributed by atoms with Gasteiger partial charge < -0.3 is 25.7 Å². The van der Waals surface area contributed by atoms with E-state index >= 15 is 0 Å². The third kappa shape index (κ3) is 7.33. The highest BCUT2D eigenvalue weighted by Gasteiger charge is 2.34. The highest BCUT2D eigenvalue weighted by Crippen LogP contribution is 2.27. The van der Waals surface area contributed by atoms with Crippen molar-refractivity contribution in [2.45, 2.75) is 31.3 Å². The summed E-state index contributed by atoms with van der Waals surface area (Å²) in [6.07, 6.45) is 0.0538. The summed E-state index contributed by atoms with van der Waals surface area (Å²) in [5, 5.41) is 8.14. The summed E-state index contributed by atoms with van der Waals surface area (Å²) in [5.41, 5.74) is 1.14. The number of nitrogens with one attached hydrogen (secondary N) is 4. The molecule has 1 aromatic heterocycles. The van der Waals surface area contributed by atoms with E-state index in [2.05, 4.69) is 20.9 Å². The largest absolute Gasteiger partial charge is 0.479 e. The van der Waals surface area contributed by atoms with Gasteiger partial charge in [0.15, 0.2) is 23.2 Å². The number of carbonyl (C=O) groups is 4. The van der Waals surface area contributed by atoms with Crippen molar-refractivity contribution in [3.63, 3.8) is 0 Å². The molecular formula is C32H27F5N4O5. The number of rotatable bonds is 12. The lowest BCUT2D eigenvalue weighted by Crippen LogP contribution is -2.53. The first-order valence-corrected chi connectivity index (χ1v) is 14.2. The molecule has 0 aliphatic carbocycles. The van der Waals surface area contributed by atoms with E-state index in [1.165, 1.54) is 24.3 Å². The number of ether oxygens (including phenoxy) is 1. The molecule has 1 saturated heterocycles. The van der Waals surface area contributed by atoms with Crippen molar-refractivity contribution >= 4 is 34.4 Å². The minimum absolute atomic E-state index is 0.0175. The van der Waals surface area contributed by atoms with Gasteiger partial charge in [0.05, 0.1) is 6.04 Å². The molecule has 5 rings (SSSR count). The van der Waals surface area contributed by atoms with Crippen molar-refractivity contribution in [2.75, 3.05) is 13.2 Å². The number of carbonyl (C=O) groups excluding carboxylic acids is 4. The summed E-state index contributed by atoms with van der Waals surface area (Å²) < 4.78 is 74.1. The van der Waals surface area contributed by atoms with E-state index in [-0.39, 0.29) is 30.5 Å². The Morgan fingerprint density at radius 2 is 1.61 bits per heavy atom. The van der Waals surface area contributed by atoms with Crippen LogP contribution in [0.5, 0.6) is 5.75 Å². The van der Waals surface area contributed by atoms with Gasteiger partial charge in [-0.2, -0.15) is 8.78 Å². The fourth-order valence-corrected chi connectivity index (χ4v) is 5.14. The minimum Gasteiger partial charge on any atom is -0.479 e.